The van der Waals surface area contributed by atoms with E-state index >= 15 is 0 Å². The summed E-state index contributed by atoms with van der Waals surface area (Å²) in [4.78, 5) is 36.2. The number of nitrogens with zero attached hydrogens (tertiary/aromatic N) is 5. The zero-order valence-electron chi connectivity index (χ0n) is 19.3. The molecule has 31 heavy (non-hydrogen) atoms. The smallest absolute Gasteiger partial charge is 0.255 e. The van der Waals surface area contributed by atoms with E-state index < -0.39 is 0 Å². The molecular weight excluding hydrogens is 390 g/mol. The summed E-state index contributed by atoms with van der Waals surface area (Å²) >= 11 is 0. The van der Waals surface area contributed by atoms with E-state index in [-0.39, 0.29) is 11.8 Å². The van der Waals surface area contributed by atoms with Crippen LogP contribution in [0.4, 0.5) is 0 Å². The van der Waals surface area contributed by atoms with Crippen molar-refractivity contribution in [1.82, 2.24) is 24.3 Å². The monoisotopic (exact) mass is 425 g/mol. The van der Waals surface area contributed by atoms with Gasteiger partial charge in [-0.3, -0.25) is 19.5 Å². The van der Waals surface area contributed by atoms with E-state index in [9.17, 15) is 9.59 Å². The number of aryl methyl sites for hydroxylation is 1. The van der Waals surface area contributed by atoms with Crippen LogP contribution in [0.2, 0.25) is 0 Å². The predicted molar refractivity (Wildman–Crippen MR) is 122 cm³/mol. The number of carbonyl (C=O) groups is 2. The molecule has 1 fully saturated rings. The quantitative estimate of drug-likeness (QED) is 0.684. The van der Waals surface area contributed by atoms with Crippen molar-refractivity contribution >= 4 is 11.8 Å². The van der Waals surface area contributed by atoms with Crippen molar-refractivity contribution in [2.75, 3.05) is 45.8 Å². The first-order valence-corrected chi connectivity index (χ1v) is 11.3. The summed E-state index contributed by atoms with van der Waals surface area (Å²) in [6.07, 6.45) is 2.67. The number of carbonyl (C=O) groups excluding carboxylic acids is 2. The molecule has 1 aliphatic rings. The number of aromatic nitrogens is 2. The zero-order chi connectivity index (χ0) is 22.4. The average Bonchev–Trinajstić information content (AvgIpc) is 2.93. The highest BCUT2D eigenvalue weighted by Gasteiger charge is 2.25. The maximum Gasteiger partial charge on any atom is 0.255 e. The van der Waals surface area contributed by atoms with Crippen LogP contribution in [0.15, 0.2) is 30.5 Å². The molecule has 7 nitrogen and oxygen atoms in total. The van der Waals surface area contributed by atoms with E-state index in [1.807, 2.05) is 61.8 Å². The van der Waals surface area contributed by atoms with E-state index in [4.69, 9.17) is 0 Å². The molecule has 0 atom stereocenters. The Hall–Kier alpha value is -2.67. The minimum absolute atomic E-state index is 0.0808. The van der Waals surface area contributed by atoms with E-state index in [1.165, 1.54) is 0 Å². The van der Waals surface area contributed by atoms with Crippen LogP contribution in [0.3, 0.4) is 0 Å². The standard InChI is InChI=1S/C24H35N5O2/c1-5-27(6-2)23(30)18-26-12-9-13-28(15-14-26)24(31)22-16-19(3)29(20(22)4)17-21-10-7-8-11-25-21/h7-8,10-11,16H,5-6,9,12-15,17-18H2,1-4H3. The Kier molecular flexibility index (Phi) is 7.85. The number of amides is 2. The Morgan fingerprint density at radius 1 is 1.06 bits per heavy atom. The third-order valence-electron chi connectivity index (χ3n) is 6.20. The molecule has 2 aromatic heterocycles. The highest BCUT2D eigenvalue weighted by atomic mass is 16.2. The molecule has 7 heteroatoms. The summed E-state index contributed by atoms with van der Waals surface area (Å²) in [5.41, 5.74) is 3.78. The molecule has 0 spiro atoms. The predicted octanol–water partition coefficient (Wildman–Crippen LogP) is 2.56. The van der Waals surface area contributed by atoms with Gasteiger partial charge in [0, 0.05) is 56.9 Å². The number of pyridine rings is 1. The first kappa shape index (κ1) is 23.0. The first-order chi connectivity index (χ1) is 14.9. The lowest BCUT2D eigenvalue weighted by Gasteiger charge is -2.25. The van der Waals surface area contributed by atoms with Crippen LogP contribution in [-0.4, -0.2) is 81.9 Å². The molecule has 1 saturated heterocycles. The third-order valence-corrected chi connectivity index (χ3v) is 6.20. The van der Waals surface area contributed by atoms with Gasteiger partial charge in [-0.05, 0) is 52.3 Å². The molecule has 0 N–H and O–H groups in total. The van der Waals surface area contributed by atoms with Crippen LogP contribution in [0.1, 0.15) is 47.7 Å². The molecule has 0 bridgehead atoms. The van der Waals surface area contributed by atoms with E-state index in [2.05, 4.69) is 14.5 Å². The lowest BCUT2D eigenvalue weighted by Crippen LogP contribution is -2.42. The first-order valence-electron chi connectivity index (χ1n) is 11.3. The van der Waals surface area contributed by atoms with Gasteiger partial charge in [0.1, 0.15) is 0 Å². The Morgan fingerprint density at radius 3 is 2.52 bits per heavy atom. The molecule has 3 heterocycles. The molecule has 1 aliphatic heterocycles. The van der Waals surface area contributed by atoms with Crippen LogP contribution in [0.5, 0.6) is 0 Å². The second-order valence-electron chi connectivity index (χ2n) is 8.18. The molecule has 0 saturated carbocycles. The second kappa shape index (κ2) is 10.6. The summed E-state index contributed by atoms with van der Waals surface area (Å²) in [5, 5.41) is 0. The second-order valence-corrected chi connectivity index (χ2v) is 8.18. The fourth-order valence-corrected chi connectivity index (χ4v) is 4.28. The molecule has 2 amide bonds. The fourth-order valence-electron chi connectivity index (χ4n) is 4.28. The van der Waals surface area contributed by atoms with Gasteiger partial charge in [0.2, 0.25) is 5.91 Å². The summed E-state index contributed by atoms with van der Waals surface area (Å²) < 4.78 is 2.16. The van der Waals surface area contributed by atoms with Gasteiger partial charge < -0.3 is 14.4 Å². The van der Waals surface area contributed by atoms with Crippen LogP contribution >= 0.6 is 0 Å². The van der Waals surface area contributed by atoms with E-state index in [1.54, 1.807) is 6.20 Å². The van der Waals surface area contributed by atoms with Crippen molar-refractivity contribution in [3.05, 3.63) is 53.1 Å². The van der Waals surface area contributed by atoms with Crippen LogP contribution in [-0.2, 0) is 11.3 Å². The molecule has 0 aromatic carbocycles. The highest BCUT2D eigenvalue weighted by molar-refractivity contribution is 5.95. The van der Waals surface area contributed by atoms with Crippen molar-refractivity contribution in [1.29, 1.82) is 0 Å². The van der Waals surface area contributed by atoms with Gasteiger partial charge in [0.15, 0.2) is 0 Å². The molecule has 0 aliphatic carbocycles. The molecule has 168 valence electrons. The van der Waals surface area contributed by atoms with Crippen molar-refractivity contribution in [2.45, 2.75) is 40.7 Å². The topological polar surface area (TPSA) is 61.7 Å². The number of likely N-dealkylation sites (N-methyl/N-ethyl adjacent to an activating group) is 1. The number of hydrogen-bond acceptors (Lipinski definition) is 4. The lowest BCUT2D eigenvalue weighted by atomic mass is 10.2. The Labute approximate surface area is 185 Å². The van der Waals surface area contributed by atoms with Crippen LogP contribution in [0, 0.1) is 13.8 Å². The van der Waals surface area contributed by atoms with Gasteiger partial charge in [0.25, 0.3) is 5.91 Å². The largest absolute Gasteiger partial charge is 0.342 e. The van der Waals surface area contributed by atoms with E-state index in [0.29, 0.717) is 19.6 Å². The van der Waals surface area contributed by atoms with Crippen LogP contribution in [0.25, 0.3) is 0 Å². The minimum atomic E-state index is 0.0808. The average molecular weight is 426 g/mol. The van der Waals surface area contributed by atoms with Gasteiger partial charge in [-0.2, -0.15) is 0 Å². The fraction of sp³-hybridized carbons (Fsp3) is 0.542. The summed E-state index contributed by atoms with van der Waals surface area (Å²) in [7, 11) is 0. The van der Waals surface area contributed by atoms with Gasteiger partial charge in [-0.25, -0.2) is 0 Å². The Balaban J connectivity index is 1.65. The normalized spacial score (nSPS) is 15.0. The molecule has 3 rings (SSSR count). The summed E-state index contributed by atoms with van der Waals surface area (Å²) in [6, 6.07) is 7.89. The Bertz CT molecular complexity index is 889. The highest BCUT2D eigenvalue weighted by Crippen LogP contribution is 2.19. The third kappa shape index (κ3) is 5.53. The Morgan fingerprint density at radius 2 is 1.84 bits per heavy atom. The van der Waals surface area contributed by atoms with Crippen molar-refractivity contribution in [3.63, 3.8) is 0 Å². The van der Waals surface area contributed by atoms with Gasteiger partial charge in [-0.15, -0.1) is 0 Å². The molecule has 0 radical (unpaired) electrons. The van der Waals surface area contributed by atoms with Crippen molar-refractivity contribution in [2.24, 2.45) is 0 Å². The summed E-state index contributed by atoms with van der Waals surface area (Å²) in [6.45, 7) is 13.6. The van der Waals surface area contributed by atoms with Crippen LogP contribution < -0.4 is 0 Å². The zero-order valence-corrected chi connectivity index (χ0v) is 19.3. The van der Waals surface area contributed by atoms with Gasteiger partial charge >= 0.3 is 0 Å². The SMILES string of the molecule is CCN(CC)C(=O)CN1CCCN(C(=O)c2cc(C)n(Cc3ccccn3)c2C)CC1. The maximum atomic E-state index is 13.3. The van der Waals surface area contributed by atoms with E-state index in [0.717, 1.165) is 61.8 Å². The van der Waals surface area contributed by atoms with Crippen molar-refractivity contribution in [3.8, 4) is 0 Å². The van der Waals surface area contributed by atoms with Crippen molar-refractivity contribution < 1.29 is 9.59 Å². The summed E-state index contributed by atoms with van der Waals surface area (Å²) in [5.74, 6) is 0.250. The van der Waals surface area contributed by atoms with Gasteiger partial charge in [-0.1, -0.05) is 6.07 Å². The molecule has 2 aromatic rings. The minimum Gasteiger partial charge on any atom is -0.342 e. The van der Waals surface area contributed by atoms with Gasteiger partial charge in [0.05, 0.1) is 24.3 Å². The lowest BCUT2D eigenvalue weighted by molar-refractivity contribution is -0.132. The maximum absolute atomic E-state index is 13.3. The molecule has 0 unspecified atom stereocenters. The molecular formula is C24H35N5O2. The number of rotatable bonds is 7. The number of hydrogen-bond donors (Lipinski definition) is 0.